The minimum absolute atomic E-state index is 0.128. The molecule has 1 aliphatic heterocycles. The predicted molar refractivity (Wildman–Crippen MR) is 204 cm³/mol. The van der Waals surface area contributed by atoms with Gasteiger partial charge in [0.1, 0.15) is 36.2 Å². The van der Waals surface area contributed by atoms with E-state index in [0.717, 1.165) is 28.3 Å². The van der Waals surface area contributed by atoms with E-state index in [-0.39, 0.29) is 33.0 Å². The maximum Gasteiger partial charge on any atom is 0.408 e. The van der Waals surface area contributed by atoms with Gasteiger partial charge in [0.15, 0.2) is 6.29 Å². The second kappa shape index (κ2) is 20.9. The second-order valence-electron chi connectivity index (χ2n) is 14.1. The molecular weight excluding hydrogens is 689 g/mol. The highest BCUT2D eigenvalue weighted by Crippen LogP contribution is 2.32. The Hall–Kier alpha value is -4.42. The van der Waals surface area contributed by atoms with E-state index >= 15 is 4.39 Å². The molecule has 54 heavy (non-hydrogen) atoms. The van der Waals surface area contributed by atoms with Crippen LogP contribution in [0.15, 0.2) is 134 Å². The van der Waals surface area contributed by atoms with Crippen molar-refractivity contribution in [3.05, 3.63) is 156 Å². The second-order valence-corrected chi connectivity index (χ2v) is 14.1. The molecule has 0 spiro atoms. The highest BCUT2D eigenvalue weighted by molar-refractivity contribution is 5.68. The van der Waals surface area contributed by atoms with Crippen LogP contribution in [0.2, 0.25) is 0 Å². The topological polar surface area (TPSA) is 93.7 Å². The van der Waals surface area contributed by atoms with Crippen LogP contribution in [0.5, 0.6) is 0 Å². The van der Waals surface area contributed by atoms with Crippen LogP contribution in [0.25, 0.3) is 0 Å². The third-order valence-corrected chi connectivity index (χ3v) is 8.59. The first kappa shape index (κ1) is 40.8. The average molecular weight is 742 g/mol. The van der Waals surface area contributed by atoms with Crippen molar-refractivity contribution in [2.24, 2.45) is 0 Å². The molecule has 288 valence electrons. The Balaban J connectivity index is 1.46. The van der Waals surface area contributed by atoms with Crippen LogP contribution in [0.1, 0.15) is 43.0 Å². The number of nitrogens with one attached hydrogen (secondary N) is 1. The molecule has 4 aromatic carbocycles. The predicted octanol–water partition coefficient (Wildman–Crippen LogP) is 8.12. The third-order valence-electron chi connectivity index (χ3n) is 8.59. The molecule has 4 aromatic rings. The molecule has 5 rings (SSSR count). The minimum atomic E-state index is -1.65. The largest absolute Gasteiger partial charge is 0.444 e. The number of carbonyl (C=O) groups excluding carboxylic acids is 1. The first-order chi connectivity index (χ1) is 26.2. The molecule has 1 fully saturated rings. The summed E-state index contributed by atoms with van der Waals surface area (Å²) >= 11 is 0. The number of benzene rings is 4. The van der Waals surface area contributed by atoms with Crippen molar-refractivity contribution in [2.45, 2.75) is 95.7 Å². The SMILES string of the molecule is C=C[C@@H](F)[C@H](CO[C@H]1OC(COCc2ccccc2)[C@H](OCc2ccccc2)C(OCc2ccccc2)[C@@H]1OCc1ccccc1)NC(=O)OC(C)(C)C. The summed E-state index contributed by atoms with van der Waals surface area (Å²) in [6.45, 7) is 9.69. The molecule has 1 aliphatic rings. The smallest absolute Gasteiger partial charge is 0.408 e. The molecule has 0 saturated carbocycles. The van der Waals surface area contributed by atoms with Gasteiger partial charge >= 0.3 is 6.09 Å². The van der Waals surface area contributed by atoms with Crippen molar-refractivity contribution >= 4 is 6.09 Å². The number of amides is 1. The number of ether oxygens (including phenoxy) is 7. The van der Waals surface area contributed by atoms with Crippen molar-refractivity contribution in [1.82, 2.24) is 5.32 Å². The van der Waals surface area contributed by atoms with Gasteiger partial charge in [-0.2, -0.15) is 0 Å². The first-order valence-electron chi connectivity index (χ1n) is 18.3. The van der Waals surface area contributed by atoms with E-state index < -0.39 is 54.6 Å². The molecule has 0 bridgehead atoms. The fraction of sp³-hybridized carbons (Fsp3) is 0.386. The van der Waals surface area contributed by atoms with Crippen molar-refractivity contribution < 1.29 is 42.3 Å². The van der Waals surface area contributed by atoms with Gasteiger partial charge in [-0.1, -0.05) is 127 Å². The molecule has 0 aromatic heterocycles. The zero-order valence-corrected chi connectivity index (χ0v) is 31.3. The Morgan fingerprint density at radius 2 is 1.15 bits per heavy atom. The summed E-state index contributed by atoms with van der Waals surface area (Å²) in [6, 6.07) is 38.1. The van der Waals surface area contributed by atoms with Crippen molar-refractivity contribution in [2.75, 3.05) is 13.2 Å². The quantitative estimate of drug-likeness (QED) is 0.0964. The van der Waals surface area contributed by atoms with Crippen molar-refractivity contribution in [1.29, 1.82) is 0 Å². The summed E-state index contributed by atoms with van der Waals surface area (Å²) in [7, 11) is 0. The summed E-state index contributed by atoms with van der Waals surface area (Å²) in [5.41, 5.74) is 3.06. The van der Waals surface area contributed by atoms with E-state index in [2.05, 4.69) is 11.9 Å². The summed E-state index contributed by atoms with van der Waals surface area (Å²) in [4.78, 5) is 12.8. The van der Waals surface area contributed by atoms with Gasteiger partial charge in [0.2, 0.25) is 0 Å². The lowest BCUT2D eigenvalue weighted by Gasteiger charge is -2.46. The van der Waals surface area contributed by atoms with Gasteiger partial charge in [-0.3, -0.25) is 0 Å². The first-order valence-corrected chi connectivity index (χ1v) is 18.3. The summed E-state index contributed by atoms with van der Waals surface area (Å²) in [5.74, 6) is 0. The normalized spacial score (nSPS) is 21.1. The van der Waals surface area contributed by atoms with E-state index in [1.165, 1.54) is 0 Å². The van der Waals surface area contributed by atoms with Gasteiger partial charge in [-0.25, -0.2) is 9.18 Å². The molecule has 2 unspecified atom stereocenters. The summed E-state index contributed by atoms with van der Waals surface area (Å²) in [6.07, 6.45) is -5.38. The zero-order valence-electron chi connectivity index (χ0n) is 31.3. The van der Waals surface area contributed by atoms with Gasteiger partial charge in [0, 0.05) is 0 Å². The van der Waals surface area contributed by atoms with Crippen LogP contribution in [0, 0.1) is 0 Å². The molecular formula is C44H52FNO8. The minimum Gasteiger partial charge on any atom is -0.444 e. The maximum atomic E-state index is 15.3. The van der Waals surface area contributed by atoms with Crippen LogP contribution in [0.3, 0.4) is 0 Å². The van der Waals surface area contributed by atoms with Gasteiger partial charge in [-0.05, 0) is 43.0 Å². The lowest BCUT2D eigenvalue weighted by molar-refractivity contribution is -0.329. The Morgan fingerprint density at radius 1 is 0.704 bits per heavy atom. The summed E-state index contributed by atoms with van der Waals surface area (Å²) in [5, 5.41) is 2.60. The maximum absolute atomic E-state index is 15.3. The fourth-order valence-electron chi connectivity index (χ4n) is 5.92. The number of hydrogen-bond donors (Lipinski definition) is 1. The number of hydrogen-bond acceptors (Lipinski definition) is 8. The Bertz CT molecular complexity index is 1660. The van der Waals surface area contributed by atoms with E-state index in [0.29, 0.717) is 6.61 Å². The highest BCUT2D eigenvalue weighted by Gasteiger charge is 2.49. The molecule has 1 amide bonds. The Kier molecular flexibility index (Phi) is 15.8. The van der Waals surface area contributed by atoms with Crippen molar-refractivity contribution in [3.8, 4) is 0 Å². The number of alkyl carbamates (subject to hydrolysis) is 1. The van der Waals surface area contributed by atoms with Crippen LogP contribution >= 0.6 is 0 Å². The Labute approximate surface area is 318 Å². The standard InChI is InChI=1S/C44H52FNO8/c1-5-36(45)37(46-43(47)54-44(2,3)4)30-52-42-41(51-29-35-24-16-9-17-25-35)40(50-28-34-22-14-8-15-23-34)39(49-27-33-20-12-7-13-21-33)38(53-42)31-48-26-32-18-10-6-11-19-32/h5-25,36-42H,1,26-31H2,2-4H3,(H,46,47)/t36-,37+,38?,39+,40?,41+,42+/m1/s1. The third kappa shape index (κ3) is 13.2. The fourth-order valence-corrected chi connectivity index (χ4v) is 5.92. The molecule has 1 heterocycles. The number of rotatable bonds is 19. The molecule has 1 saturated heterocycles. The van der Waals surface area contributed by atoms with Crippen LogP contribution in [0.4, 0.5) is 9.18 Å². The average Bonchev–Trinajstić information content (AvgIpc) is 3.18. The van der Waals surface area contributed by atoms with E-state index in [9.17, 15) is 4.79 Å². The molecule has 0 aliphatic carbocycles. The Morgan fingerprint density at radius 3 is 1.61 bits per heavy atom. The van der Waals surface area contributed by atoms with Gasteiger partial charge in [0.25, 0.3) is 0 Å². The van der Waals surface area contributed by atoms with E-state index in [1.54, 1.807) is 20.8 Å². The van der Waals surface area contributed by atoms with Gasteiger partial charge < -0.3 is 38.5 Å². The van der Waals surface area contributed by atoms with Crippen LogP contribution < -0.4 is 5.32 Å². The molecule has 10 heteroatoms. The molecule has 1 N–H and O–H groups in total. The number of alkyl halides is 1. The molecule has 9 nitrogen and oxygen atoms in total. The van der Waals surface area contributed by atoms with Gasteiger partial charge in [0.05, 0.1) is 45.7 Å². The highest BCUT2D eigenvalue weighted by atomic mass is 19.1. The molecule has 7 atom stereocenters. The van der Waals surface area contributed by atoms with Crippen LogP contribution in [-0.4, -0.2) is 67.8 Å². The van der Waals surface area contributed by atoms with E-state index in [4.69, 9.17) is 33.2 Å². The summed E-state index contributed by atoms with van der Waals surface area (Å²) < 4.78 is 60.1. The lowest BCUT2D eigenvalue weighted by atomic mass is 9.97. The number of halogens is 1. The van der Waals surface area contributed by atoms with Gasteiger partial charge in [-0.15, -0.1) is 6.58 Å². The van der Waals surface area contributed by atoms with Crippen LogP contribution in [-0.2, 0) is 59.6 Å². The zero-order chi connectivity index (χ0) is 38.2. The van der Waals surface area contributed by atoms with Crippen molar-refractivity contribution in [3.63, 3.8) is 0 Å². The molecule has 0 radical (unpaired) electrons. The lowest BCUT2D eigenvalue weighted by Crippen LogP contribution is -2.62. The number of carbonyl (C=O) groups is 1. The van der Waals surface area contributed by atoms with E-state index in [1.807, 2.05) is 121 Å². The monoisotopic (exact) mass is 741 g/mol.